The van der Waals surface area contributed by atoms with Crippen molar-refractivity contribution in [3.63, 3.8) is 0 Å². The highest BCUT2D eigenvalue weighted by Crippen LogP contribution is 2.21. The van der Waals surface area contributed by atoms with Gasteiger partial charge in [0.2, 0.25) is 5.91 Å². The molecule has 0 radical (unpaired) electrons. The maximum absolute atomic E-state index is 12.1. The third kappa shape index (κ3) is 4.79. The van der Waals surface area contributed by atoms with Crippen LogP contribution in [-0.2, 0) is 21.1 Å². The van der Waals surface area contributed by atoms with Crippen molar-refractivity contribution >= 4 is 21.5 Å². The summed E-state index contributed by atoms with van der Waals surface area (Å²) in [5.74, 6) is 0.570. The molecule has 1 fully saturated rings. The first-order chi connectivity index (χ1) is 10.8. The Bertz CT molecular complexity index is 711. The fourth-order valence-corrected chi connectivity index (χ4v) is 4.52. The first kappa shape index (κ1) is 17.5. The maximum atomic E-state index is 12.1. The third-order valence-corrected chi connectivity index (χ3v) is 5.79. The molecule has 0 saturated carbocycles. The van der Waals surface area contributed by atoms with Gasteiger partial charge in [-0.2, -0.15) is 0 Å². The normalized spacial score (nSPS) is 19.3. The van der Waals surface area contributed by atoms with E-state index in [9.17, 15) is 18.0 Å². The molecule has 0 aliphatic carbocycles. The van der Waals surface area contributed by atoms with E-state index in [1.165, 1.54) is 14.0 Å². The summed E-state index contributed by atoms with van der Waals surface area (Å²) in [6.07, 6.45) is 0.676. The van der Waals surface area contributed by atoms with Crippen LogP contribution in [0.3, 0.4) is 0 Å². The van der Waals surface area contributed by atoms with Gasteiger partial charge in [0.15, 0.2) is 15.6 Å². The standard InChI is InChI=1S/C16H21NO5S/c1-11(18)13-3-4-15(22-2)14(7-13)8-16(19)17-9-12-5-6-23(20,21)10-12/h3-4,7,12H,5-6,8-10H2,1-2H3,(H,17,19)/t12-/m1/s1. The Kier molecular flexibility index (Phi) is 5.41. The molecule has 7 heteroatoms. The molecule has 0 unspecified atom stereocenters. The summed E-state index contributed by atoms with van der Waals surface area (Å²) in [4.78, 5) is 23.5. The largest absolute Gasteiger partial charge is 0.496 e. The molecular weight excluding hydrogens is 318 g/mol. The number of ketones is 1. The van der Waals surface area contributed by atoms with Gasteiger partial charge in [0, 0.05) is 17.7 Å². The topological polar surface area (TPSA) is 89.5 Å². The number of sulfone groups is 1. The van der Waals surface area contributed by atoms with Gasteiger partial charge in [-0.15, -0.1) is 0 Å². The molecule has 0 spiro atoms. The lowest BCUT2D eigenvalue weighted by Crippen LogP contribution is -2.31. The van der Waals surface area contributed by atoms with Crippen LogP contribution in [0, 0.1) is 5.92 Å². The van der Waals surface area contributed by atoms with Crippen LogP contribution in [-0.4, -0.2) is 45.3 Å². The maximum Gasteiger partial charge on any atom is 0.224 e. The van der Waals surface area contributed by atoms with E-state index in [1.54, 1.807) is 18.2 Å². The van der Waals surface area contributed by atoms with Crippen molar-refractivity contribution in [2.45, 2.75) is 19.8 Å². The van der Waals surface area contributed by atoms with E-state index in [2.05, 4.69) is 5.32 Å². The van der Waals surface area contributed by atoms with Crippen molar-refractivity contribution in [3.8, 4) is 5.75 Å². The van der Waals surface area contributed by atoms with Crippen LogP contribution in [0.15, 0.2) is 18.2 Å². The molecule has 1 N–H and O–H groups in total. The molecule has 1 saturated heterocycles. The van der Waals surface area contributed by atoms with E-state index in [-0.39, 0.29) is 35.5 Å². The Morgan fingerprint density at radius 2 is 2.09 bits per heavy atom. The van der Waals surface area contributed by atoms with Gasteiger partial charge in [-0.3, -0.25) is 9.59 Å². The molecule has 23 heavy (non-hydrogen) atoms. The lowest BCUT2D eigenvalue weighted by Gasteiger charge is -2.12. The van der Waals surface area contributed by atoms with Gasteiger partial charge >= 0.3 is 0 Å². The van der Waals surface area contributed by atoms with Crippen LogP contribution < -0.4 is 10.1 Å². The van der Waals surface area contributed by atoms with Crippen molar-refractivity contribution < 1.29 is 22.7 Å². The summed E-state index contributed by atoms with van der Waals surface area (Å²) in [5.41, 5.74) is 1.16. The monoisotopic (exact) mass is 339 g/mol. The molecule has 1 heterocycles. The Morgan fingerprint density at radius 1 is 1.35 bits per heavy atom. The molecule has 1 amide bonds. The molecule has 126 valence electrons. The van der Waals surface area contributed by atoms with E-state index >= 15 is 0 Å². The van der Waals surface area contributed by atoms with Crippen LogP contribution >= 0.6 is 0 Å². The number of nitrogens with one attached hydrogen (secondary N) is 1. The Balaban J connectivity index is 1.97. The summed E-state index contributed by atoms with van der Waals surface area (Å²) in [7, 11) is -1.43. The highest BCUT2D eigenvalue weighted by molar-refractivity contribution is 7.91. The highest BCUT2D eigenvalue weighted by Gasteiger charge is 2.27. The molecule has 0 bridgehead atoms. The number of rotatable bonds is 6. The molecule has 1 aliphatic heterocycles. The van der Waals surface area contributed by atoms with E-state index in [4.69, 9.17) is 4.74 Å². The fourth-order valence-electron chi connectivity index (χ4n) is 2.66. The number of Topliss-reactive ketones (excluding diaryl/α,β-unsaturated/α-hetero) is 1. The molecular formula is C16H21NO5S. The second-order valence-electron chi connectivity index (χ2n) is 5.83. The molecule has 1 aromatic carbocycles. The quantitative estimate of drug-likeness (QED) is 0.781. The zero-order valence-corrected chi connectivity index (χ0v) is 14.1. The predicted octanol–water partition coefficient (Wildman–Crippen LogP) is 0.991. The van der Waals surface area contributed by atoms with Crippen molar-refractivity contribution in [3.05, 3.63) is 29.3 Å². The number of amides is 1. The number of carbonyl (C=O) groups is 2. The summed E-state index contributed by atoms with van der Waals surface area (Å²) in [6.45, 7) is 1.82. The zero-order valence-electron chi connectivity index (χ0n) is 13.3. The molecule has 0 aromatic heterocycles. The molecule has 6 nitrogen and oxygen atoms in total. The van der Waals surface area contributed by atoms with E-state index < -0.39 is 9.84 Å². The average molecular weight is 339 g/mol. The van der Waals surface area contributed by atoms with E-state index in [1.807, 2.05) is 0 Å². The number of carbonyl (C=O) groups excluding carboxylic acids is 2. The second-order valence-corrected chi connectivity index (χ2v) is 8.06. The second kappa shape index (κ2) is 7.12. The average Bonchev–Trinajstić information content (AvgIpc) is 2.84. The summed E-state index contributed by atoms with van der Waals surface area (Å²) in [5, 5.41) is 2.77. The van der Waals surface area contributed by atoms with Crippen LogP contribution in [0.2, 0.25) is 0 Å². The van der Waals surface area contributed by atoms with E-state index in [0.29, 0.717) is 29.8 Å². The Morgan fingerprint density at radius 3 is 2.65 bits per heavy atom. The third-order valence-electron chi connectivity index (χ3n) is 3.95. The van der Waals surface area contributed by atoms with Gasteiger partial charge in [-0.1, -0.05) is 0 Å². The van der Waals surface area contributed by atoms with Crippen LogP contribution in [0.1, 0.15) is 29.3 Å². The lowest BCUT2D eigenvalue weighted by molar-refractivity contribution is -0.120. The van der Waals surface area contributed by atoms with Gasteiger partial charge in [0.25, 0.3) is 0 Å². The highest BCUT2D eigenvalue weighted by atomic mass is 32.2. The van der Waals surface area contributed by atoms with Gasteiger partial charge in [0.1, 0.15) is 5.75 Å². The van der Waals surface area contributed by atoms with Gasteiger partial charge in [-0.05, 0) is 37.5 Å². The minimum absolute atomic E-state index is 0.0191. The number of benzene rings is 1. The molecule has 1 aromatic rings. The lowest BCUT2D eigenvalue weighted by atomic mass is 10.0. The first-order valence-electron chi connectivity index (χ1n) is 7.45. The summed E-state index contributed by atoms with van der Waals surface area (Å²) in [6, 6.07) is 4.98. The van der Waals surface area contributed by atoms with Gasteiger partial charge < -0.3 is 10.1 Å². The molecule has 2 rings (SSSR count). The number of hydrogen-bond acceptors (Lipinski definition) is 5. The summed E-state index contributed by atoms with van der Waals surface area (Å²) >= 11 is 0. The van der Waals surface area contributed by atoms with Crippen molar-refractivity contribution in [1.29, 1.82) is 0 Å². The van der Waals surface area contributed by atoms with Crippen LogP contribution in [0.5, 0.6) is 5.75 Å². The molecule has 1 aliphatic rings. The van der Waals surface area contributed by atoms with Gasteiger partial charge in [0.05, 0.1) is 25.0 Å². The van der Waals surface area contributed by atoms with Crippen LogP contribution in [0.25, 0.3) is 0 Å². The zero-order chi connectivity index (χ0) is 17.0. The first-order valence-corrected chi connectivity index (χ1v) is 9.28. The van der Waals surface area contributed by atoms with Crippen molar-refractivity contribution in [2.75, 3.05) is 25.2 Å². The minimum Gasteiger partial charge on any atom is -0.496 e. The van der Waals surface area contributed by atoms with E-state index in [0.717, 1.165) is 0 Å². The minimum atomic E-state index is -2.94. The van der Waals surface area contributed by atoms with Crippen LogP contribution in [0.4, 0.5) is 0 Å². The SMILES string of the molecule is COc1ccc(C(C)=O)cc1CC(=O)NC[C@H]1CCS(=O)(=O)C1. The van der Waals surface area contributed by atoms with Crippen molar-refractivity contribution in [1.82, 2.24) is 5.32 Å². The smallest absolute Gasteiger partial charge is 0.224 e. The Hall–Kier alpha value is -1.89. The Labute approximate surface area is 136 Å². The number of hydrogen-bond donors (Lipinski definition) is 1. The fraction of sp³-hybridized carbons (Fsp3) is 0.500. The molecule has 1 atom stereocenters. The van der Waals surface area contributed by atoms with Gasteiger partial charge in [-0.25, -0.2) is 8.42 Å². The van der Waals surface area contributed by atoms with Crippen molar-refractivity contribution in [2.24, 2.45) is 5.92 Å². The number of ether oxygens (including phenoxy) is 1. The number of methoxy groups -OCH3 is 1. The summed E-state index contributed by atoms with van der Waals surface area (Å²) < 4.78 is 28.0. The predicted molar refractivity (Wildman–Crippen MR) is 86.5 cm³/mol.